The zero-order chi connectivity index (χ0) is 14.5. The van der Waals surface area contributed by atoms with Gasteiger partial charge in [-0.15, -0.1) is 0 Å². The van der Waals surface area contributed by atoms with Crippen LogP contribution >= 0.6 is 11.6 Å². The fraction of sp³-hybridized carbons (Fsp3) is 0.188. The van der Waals surface area contributed by atoms with Crippen LogP contribution < -0.4 is 5.32 Å². The number of carbonyl (C=O) groups excluding carboxylic acids is 1. The maximum atomic E-state index is 11.9. The van der Waals surface area contributed by atoms with E-state index in [1.807, 2.05) is 19.1 Å². The molecule has 2 N–H and O–H groups in total. The minimum absolute atomic E-state index is 0.0573. The summed E-state index contributed by atoms with van der Waals surface area (Å²) in [6, 6.07) is 14.0. The van der Waals surface area contributed by atoms with Crippen LogP contribution in [0.4, 0.5) is 0 Å². The summed E-state index contributed by atoms with van der Waals surface area (Å²) in [6.45, 7) is 1.93. The Hall–Kier alpha value is -2.00. The Morgan fingerprint density at radius 1 is 1.15 bits per heavy atom. The first kappa shape index (κ1) is 14.4. The predicted octanol–water partition coefficient (Wildman–Crippen LogP) is 3.47. The zero-order valence-corrected chi connectivity index (χ0v) is 11.9. The molecule has 3 nitrogen and oxygen atoms in total. The van der Waals surface area contributed by atoms with Crippen molar-refractivity contribution in [3.05, 3.63) is 64.7 Å². The lowest BCUT2D eigenvalue weighted by atomic mass is 10.1. The van der Waals surface area contributed by atoms with E-state index < -0.39 is 0 Å². The molecule has 0 saturated heterocycles. The fourth-order valence-electron chi connectivity index (χ4n) is 1.93. The molecule has 2 aromatic rings. The van der Waals surface area contributed by atoms with Crippen molar-refractivity contribution in [2.45, 2.75) is 19.4 Å². The SMILES string of the molecule is CC(NC(=O)Cc1ccc(O)cc1)c1ccc(Cl)cc1. The van der Waals surface area contributed by atoms with E-state index in [2.05, 4.69) is 5.32 Å². The Kier molecular flexibility index (Phi) is 4.64. The highest BCUT2D eigenvalue weighted by Crippen LogP contribution is 2.16. The highest BCUT2D eigenvalue weighted by Gasteiger charge is 2.10. The number of phenolic OH excluding ortho intramolecular Hbond substituents is 1. The number of hydrogen-bond donors (Lipinski definition) is 2. The molecular weight excluding hydrogens is 274 g/mol. The van der Waals surface area contributed by atoms with Gasteiger partial charge in [0.1, 0.15) is 5.75 Å². The molecular formula is C16H16ClNO2. The van der Waals surface area contributed by atoms with Gasteiger partial charge in [-0.05, 0) is 42.3 Å². The van der Waals surface area contributed by atoms with Gasteiger partial charge >= 0.3 is 0 Å². The van der Waals surface area contributed by atoms with Gasteiger partial charge in [0, 0.05) is 5.02 Å². The largest absolute Gasteiger partial charge is 0.508 e. The van der Waals surface area contributed by atoms with Gasteiger partial charge in [0.05, 0.1) is 12.5 Å². The molecule has 0 heterocycles. The molecule has 1 amide bonds. The molecule has 2 rings (SSSR count). The minimum atomic E-state index is -0.0723. The average molecular weight is 290 g/mol. The summed E-state index contributed by atoms with van der Waals surface area (Å²) in [7, 11) is 0. The van der Waals surface area contributed by atoms with E-state index in [1.54, 1.807) is 36.4 Å². The molecule has 0 bridgehead atoms. The summed E-state index contributed by atoms with van der Waals surface area (Å²) in [5, 5.41) is 12.8. The summed E-state index contributed by atoms with van der Waals surface area (Å²) >= 11 is 5.83. The topological polar surface area (TPSA) is 49.3 Å². The molecule has 0 aromatic heterocycles. The molecule has 0 fully saturated rings. The van der Waals surface area contributed by atoms with Crippen LogP contribution in [-0.4, -0.2) is 11.0 Å². The fourth-order valence-corrected chi connectivity index (χ4v) is 2.05. The standard InChI is InChI=1S/C16H16ClNO2/c1-11(13-4-6-14(17)7-5-13)18-16(20)10-12-2-8-15(19)9-3-12/h2-9,11,19H,10H2,1H3,(H,18,20). The number of benzene rings is 2. The lowest BCUT2D eigenvalue weighted by molar-refractivity contribution is -0.121. The highest BCUT2D eigenvalue weighted by atomic mass is 35.5. The van der Waals surface area contributed by atoms with Crippen molar-refractivity contribution in [1.29, 1.82) is 0 Å². The molecule has 104 valence electrons. The van der Waals surface area contributed by atoms with Crippen molar-refractivity contribution in [2.75, 3.05) is 0 Å². The number of carbonyl (C=O) groups is 1. The van der Waals surface area contributed by atoms with E-state index in [1.165, 1.54) is 0 Å². The van der Waals surface area contributed by atoms with Crippen LogP contribution in [0.3, 0.4) is 0 Å². The van der Waals surface area contributed by atoms with Crippen molar-refractivity contribution in [2.24, 2.45) is 0 Å². The van der Waals surface area contributed by atoms with Crippen LogP contribution in [0.25, 0.3) is 0 Å². The maximum absolute atomic E-state index is 11.9. The third-order valence-electron chi connectivity index (χ3n) is 3.05. The number of halogens is 1. The molecule has 0 aliphatic rings. The Morgan fingerprint density at radius 3 is 2.35 bits per heavy atom. The van der Waals surface area contributed by atoms with Crippen LogP contribution in [0, 0.1) is 0 Å². The van der Waals surface area contributed by atoms with E-state index in [0.29, 0.717) is 5.02 Å². The predicted molar refractivity (Wildman–Crippen MR) is 79.8 cm³/mol. The Labute approximate surface area is 123 Å². The van der Waals surface area contributed by atoms with Crippen LogP contribution in [-0.2, 0) is 11.2 Å². The van der Waals surface area contributed by atoms with Gasteiger partial charge in [-0.25, -0.2) is 0 Å². The van der Waals surface area contributed by atoms with Gasteiger partial charge in [-0.3, -0.25) is 4.79 Å². The van der Waals surface area contributed by atoms with Gasteiger partial charge in [-0.1, -0.05) is 35.9 Å². The van der Waals surface area contributed by atoms with Gasteiger partial charge < -0.3 is 10.4 Å². The monoisotopic (exact) mass is 289 g/mol. The lowest BCUT2D eigenvalue weighted by Gasteiger charge is -2.14. The summed E-state index contributed by atoms with van der Waals surface area (Å²) in [4.78, 5) is 11.9. The van der Waals surface area contributed by atoms with Crippen molar-refractivity contribution < 1.29 is 9.90 Å². The normalized spacial score (nSPS) is 11.9. The first-order valence-electron chi connectivity index (χ1n) is 6.37. The first-order valence-corrected chi connectivity index (χ1v) is 6.75. The van der Waals surface area contributed by atoms with Crippen molar-refractivity contribution >= 4 is 17.5 Å². The average Bonchev–Trinajstić information content (AvgIpc) is 2.42. The molecule has 0 saturated carbocycles. The minimum Gasteiger partial charge on any atom is -0.508 e. The van der Waals surface area contributed by atoms with Crippen LogP contribution in [0.5, 0.6) is 5.75 Å². The number of aromatic hydroxyl groups is 1. The smallest absolute Gasteiger partial charge is 0.224 e. The number of phenols is 1. The van der Waals surface area contributed by atoms with E-state index in [9.17, 15) is 9.90 Å². The third-order valence-corrected chi connectivity index (χ3v) is 3.30. The Morgan fingerprint density at radius 2 is 1.75 bits per heavy atom. The summed E-state index contributed by atoms with van der Waals surface area (Å²) < 4.78 is 0. The summed E-state index contributed by atoms with van der Waals surface area (Å²) in [6.07, 6.45) is 0.290. The second-order valence-electron chi connectivity index (χ2n) is 4.68. The summed E-state index contributed by atoms with van der Waals surface area (Å²) in [5.41, 5.74) is 1.87. The highest BCUT2D eigenvalue weighted by molar-refractivity contribution is 6.30. The Balaban J connectivity index is 1.93. The molecule has 4 heteroatoms. The van der Waals surface area contributed by atoms with Gasteiger partial charge in [0.25, 0.3) is 0 Å². The van der Waals surface area contributed by atoms with Crippen LogP contribution in [0.2, 0.25) is 5.02 Å². The number of rotatable bonds is 4. The van der Waals surface area contributed by atoms with Crippen LogP contribution in [0.1, 0.15) is 24.1 Å². The second kappa shape index (κ2) is 6.44. The quantitative estimate of drug-likeness (QED) is 0.905. The zero-order valence-electron chi connectivity index (χ0n) is 11.1. The van der Waals surface area contributed by atoms with Gasteiger partial charge in [0.15, 0.2) is 0 Å². The molecule has 1 atom stereocenters. The Bertz CT molecular complexity index is 578. The van der Waals surface area contributed by atoms with Crippen LogP contribution in [0.15, 0.2) is 48.5 Å². The molecule has 0 aliphatic carbocycles. The van der Waals surface area contributed by atoms with Crippen molar-refractivity contribution in [1.82, 2.24) is 5.32 Å². The van der Waals surface area contributed by atoms with E-state index in [4.69, 9.17) is 11.6 Å². The van der Waals surface area contributed by atoms with Crippen molar-refractivity contribution in [3.63, 3.8) is 0 Å². The molecule has 0 spiro atoms. The van der Waals surface area contributed by atoms with Gasteiger partial charge in [-0.2, -0.15) is 0 Å². The van der Waals surface area contributed by atoms with E-state index in [-0.39, 0.29) is 24.1 Å². The molecule has 1 unspecified atom stereocenters. The lowest BCUT2D eigenvalue weighted by Crippen LogP contribution is -2.28. The maximum Gasteiger partial charge on any atom is 0.224 e. The third kappa shape index (κ3) is 4.00. The second-order valence-corrected chi connectivity index (χ2v) is 5.12. The molecule has 0 aliphatic heterocycles. The number of nitrogens with one attached hydrogen (secondary N) is 1. The van der Waals surface area contributed by atoms with E-state index in [0.717, 1.165) is 11.1 Å². The molecule has 0 radical (unpaired) electrons. The number of amides is 1. The van der Waals surface area contributed by atoms with Crippen molar-refractivity contribution in [3.8, 4) is 5.75 Å². The first-order chi connectivity index (χ1) is 9.54. The van der Waals surface area contributed by atoms with E-state index >= 15 is 0 Å². The number of hydrogen-bond acceptors (Lipinski definition) is 2. The summed E-state index contributed by atoms with van der Waals surface area (Å²) in [5.74, 6) is 0.141. The van der Waals surface area contributed by atoms with Gasteiger partial charge in [0.2, 0.25) is 5.91 Å². The molecule has 20 heavy (non-hydrogen) atoms. The molecule has 2 aromatic carbocycles.